The minimum absolute atomic E-state index is 0.518. The molecular formula is C18H26N4OS. The van der Waals surface area contributed by atoms with E-state index < -0.39 is 0 Å². The van der Waals surface area contributed by atoms with Crippen molar-refractivity contribution in [2.45, 2.75) is 32.1 Å². The van der Waals surface area contributed by atoms with Crippen LogP contribution in [-0.4, -0.2) is 45.9 Å². The number of nitrogens with zero attached hydrogens (tertiary/aromatic N) is 3. The fourth-order valence-electron chi connectivity index (χ4n) is 3.36. The van der Waals surface area contributed by atoms with Gasteiger partial charge in [-0.1, -0.05) is 18.4 Å². The van der Waals surface area contributed by atoms with Gasteiger partial charge in [-0.3, -0.25) is 14.4 Å². The molecule has 0 amide bonds. The van der Waals surface area contributed by atoms with E-state index in [0.717, 1.165) is 30.2 Å². The van der Waals surface area contributed by atoms with Crippen LogP contribution < -0.4 is 4.74 Å². The van der Waals surface area contributed by atoms with Crippen molar-refractivity contribution in [1.29, 1.82) is 0 Å². The Labute approximate surface area is 148 Å². The number of aromatic amines is 1. The van der Waals surface area contributed by atoms with Gasteiger partial charge in [0.1, 0.15) is 5.75 Å². The van der Waals surface area contributed by atoms with Crippen LogP contribution in [0.5, 0.6) is 5.75 Å². The van der Waals surface area contributed by atoms with Crippen LogP contribution in [0.15, 0.2) is 30.6 Å². The molecule has 1 aliphatic carbocycles. The zero-order chi connectivity index (χ0) is 16.8. The average Bonchev–Trinajstić information content (AvgIpc) is 3.11. The molecule has 0 radical (unpaired) electrons. The predicted molar refractivity (Wildman–Crippen MR) is 99.0 cm³/mol. The number of rotatable bonds is 9. The van der Waals surface area contributed by atoms with Crippen LogP contribution >= 0.6 is 11.9 Å². The maximum Gasteiger partial charge on any atom is 0.137 e. The second-order valence-corrected chi connectivity index (χ2v) is 7.61. The third-order valence-electron chi connectivity index (χ3n) is 4.92. The van der Waals surface area contributed by atoms with Gasteiger partial charge >= 0.3 is 0 Å². The average molecular weight is 347 g/mol. The topological polar surface area (TPSA) is 54.0 Å². The highest BCUT2D eigenvalue weighted by atomic mass is 32.2. The zero-order valence-electron chi connectivity index (χ0n) is 14.5. The van der Waals surface area contributed by atoms with Crippen LogP contribution in [0, 0.1) is 5.41 Å². The van der Waals surface area contributed by atoms with Crippen LogP contribution in [-0.2, 0) is 0 Å². The van der Waals surface area contributed by atoms with E-state index in [9.17, 15) is 0 Å². The van der Waals surface area contributed by atoms with Gasteiger partial charge in [0, 0.05) is 12.7 Å². The molecule has 1 saturated carbocycles. The van der Waals surface area contributed by atoms with E-state index in [1.807, 2.05) is 30.1 Å². The Balaban J connectivity index is 1.43. The van der Waals surface area contributed by atoms with Crippen LogP contribution in [0.2, 0.25) is 0 Å². The molecular weight excluding hydrogens is 320 g/mol. The van der Waals surface area contributed by atoms with Gasteiger partial charge in [0.05, 0.1) is 24.2 Å². The van der Waals surface area contributed by atoms with Crippen molar-refractivity contribution in [3.63, 3.8) is 0 Å². The minimum atomic E-state index is 0.518. The number of ether oxygens (including phenoxy) is 1. The Morgan fingerprint density at radius 1 is 1.33 bits per heavy atom. The molecule has 0 atom stereocenters. The monoisotopic (exact) mass is 346 g/mol. The minimum Gasteiger partial charge on any atom is -0.492 e. The summed E-state index contributed by atoms with van der Waals surface area (Å²) in [6.45, 7) is 1.95. The molecule has 130 valence electrons. The fraction of sp³-hybridized carbons (Fsp3) is 0.556. The van der Waals surface area contributed by atoms with E-state index in [2.05, 4.69) is 32.8 Å². The van der Waals surface area contributed by atoms with Gasteiger partial charge in [-0.2, -0.15) is 5.10 Å². The first-order valence-electron chi connectivity index (χ1n) is 8.55. The molecule has 3 rings (SSSR count). The number of nitrogens with one attached hydrogen (secondary N) is 1. The molecule has 0 bridgehead atoms. The lowest BCUT2D eigenvalue weighted by Crippen LogP contribution is -2.38. The van der Waals surface area contributed by atoms with Crippen molar-refractivity contribution < 1.29 is 4.74 Å². The quantitative estimate of drug-likeness (QED) is 0.549. The number of pyridine rings is 1. The molecule has 6 heteroatoms. The molecule has 1 aliphatic rings. The van der Waals surface area contributed by atoms with Crippen molar-refractivity contribution in [3.05, 3.63) is 30.6 Å². The summed E-state index contributed by atoms with van der Waals surface area (Å²) in [5.74, 6) is 0.835. The van der Waals surface area contributed by atoms with Gasteiger partial charge in [0.2, 0.25) is 0 Å². The van der Waals surface area contributed by atoms with Gasteiger partial charge in [-0.25, -0.2) is 0 Å². The maximum atomic E-state index is 5.87. The van der Waals surface area contributed by atoms with E-state index in [-0.39, 0.29) is 0 Å². The predicted octanol–water partition coefficient (Wildman–Crippen LogP) is 4.01. The summed E-state index contributed by atoms with van der Waals surface area (Å²) in [5.41, 5.74) is 2.32. The molecule has 1 fully saturated rings. The van der Waals surface area contributed by atoms with Crippen molar-refractivity contribution in [2.75, 3.05) is 26.5 Å². The fourth-order valence-corrected chi connectivity index (χ4v) is 3.76. The van der Waals surface area contributed by atoms with Gasteiger partial charge in [-0.05, 0) is 62.6 Å². The molecule has 0 spiro atoms. The number of H-pyrrole nitrogens is 1. The van der Waals surface area contributed by atoms with E-state index >= 15 is 0 Å². The Bertz CT molecular complexity index is 610. The number of aromatic nitrogens is 3. The van der Waals surface area contributed by atoms with Crippen molar-refractivity contribution in [3.8, 4) is 17.1 Å². The molecule has 2 aromatic heterocycles. The molecule has 2 aromatic rings. The highest BCUT2D eigenvalue weighted by Gasteiger charge is 2.37. The molecule has 0 aliphatic heterocycles. The van der Waals surface area contributed by atoms with Crippen LogP contribution in [0.3, 0.4) is 0 Å². The van der Waals surface area contributed by atoms with E-state index in [0.29, 0.717) is 5.41 Å². The summed E-state index contributed by atoms with van der Waals surface area (Å²) < 4.78 is 8.23. The van der Waals surface area contributed by atoms with E-state index in [4.69, 9.17) is 4.74 Å². The van der Waals surface area contributed by atoms with Gasteiger partial charge in [0.15, 0.2) is 0 Å². The first-order chi connectivity index (χ1) is 11.7. The molecule has 5 nitrogen and oxygen atoms in total. The maximum absolute atomic E-state index is 5.87. The Morgan fingerprint density at radius 2 is 2.21 bits per heavy atom. The van der Waals surface area contributed by atoms with Crippen LogP contribution in [0.4, 0.5) is 0 Å². The van der Waals surface area contributed by atoms with Crippen LogP contribution in [0.25, 0.3) is 11.4 Å². The molecule has 1 N–H and O–H groups in total. The van der Waals surface area contributed by atoms with Gasteiger partial charge < -0.3 is 4.74 Å². The lowest BCUT2D eigenvalue weighted by molar-refractivity contribution is 0.0889. The normalized spacial score (nSPS) is 16.1. The smallest absolute Gasteiger partial charge is 0.137 e. The lowest BCUT2D eigenvalue weighted by Gasteiger charge is -2.44. The van der Waals surface area contributed by atoms with Crippen LogP contribution in [0.1, 0.15) is 32.1 Å². The zero-order valence-corrected chi connectivity index (χ0v) is 15.3. The second kappa shape index (κ2) is 8.03. The van der Waals surface area contributed by atoms with Gasteiger partial charge in [0.25, 0.3) is 0 Å². The first kappa shape index (κ1) is 17.3. The lowest BCUT2D eigenvalue weighted by atomic mass is 9.66. The largest absolute Gasteiger partial charge is 0.492 e. The second-order valence-electron chi connectivity index (χ2n) is 6.62. The van der Waals surface area contributed by atoms with E-state index in [1.165, 1.54) is 32.2 Å². The van der Waals surface area contributed by atoms with Crippen molar-refractivity contribution >= 4 is 11.9 Å². The summed E-state index contributed by atoms with van der Waals surface area (Å²) in [5, 5.41) is 6.86. The highest BCUT2D eigenvalue weighted by molar-refractivity contribution is 7.96. The Morgan fingerprint density at radius 3 is 2.79 bits per heavy atom. The summed E-state index contributed by atoms with van der Waals surface area (Å²) in [6.07, 6.45) is 12.1. The Hall–Kier alpha value is -1.53. The van der Waals surface area contributed by atoms with E-state index in [1.54, 1.807) is 12.4 Å². The molecule has 24 heavy (non-hydrogen) atoms. The molecule has 0 unspecified atom stereocenters. The van der Waals surface area contributed by atoms with Gasteiger partial charge in [-0.15, -0.1) is 0 Å². The standard InChI is InChI=1S/C18H26N4OS/c1-22(24-2)14-18(8-3-9-18)10-4-12-23-15-5-6-16(19-13-15)17-7-11-20-21-17/h5-7,11,13H,3-4,8-10,12,14H2,1-2H3,(H,20,21). The van der Waals surface area contributed by atoms with Crippen molar-refractivity contribution in [2.24, 2.45) is 5.41 Å². The first-order valence-corrected chi connectivity index (χ1v) is 9.73. The summed E-state index contributed by atoms with van der Waals surface area (Å²) in [6, 6.07) is 5.85. The number of hydrogen-bond acceptors (Lipinski definition) is 5. The third kappa shape index (κ3) is 4.30. The number of hydrogen-bond donors (Lipinski definition) is 1. The SMILES string of the molecule is CSN(C)CC1(CCCOc2ccc(-c3ccn[nH]3)nc2)CCC1. The summed E-state index contributed by atoms with van der Waals surface area (Å²) >= 11 is 1.82. The highest BCUT2D eigenvalue weighted by Crippen LogP contribution is 2.45. The van der Waals surface area contributed by atoms with Crippen molar-refractivity contribution in [1.82, 2.24) is 19.5 Å². The Kier molecular flexibility index (Phi) is 5.79. The summed E-state index contributed by atoms with van der Waals surface area (Å²) in [7, 11) is 2.19. The molecule has 2 heterocycles. The third-order valence-corrected chi connectivity index (χ3v) is 5.67. The summed E-state index contributed by atoms with van der Waals surface area (Å²) in [4.78, 5) is 4.42. The molecule has 0 aromatic carbocycles. The molecule has 0 saturated heterocycles.